The molecule has 0 aliphatic carbocycles. The molecule has 0 radical (unpaired) electrons. The molecule has 2 aromatic rings. The second-order valence-electron chi connectivity index (χ2n) is 6.33. The van der Waals surface area contributed by atoms with Crippen LogP contribution < -0.4 is 5.56 Å². The number of nitrogens with zero attached hydrogens (tertiary/aromatic N) is 3. The molecule has 0 spiro atoms. The number of likely N-dealkylation sites (tertiary alicyclic amines) is 1. The van der Waals surface area contributed by atoms with Crippen LogP contribution >= 0.6 is 11.6 Å². The Balaban J connectivity index is 1.97. The Morgan fingerprint density at radius 1 is 1.39 bits per heavy atom. The van der Waals surface area contributed by atoms with Crippen LogP contribution in [0.1, 0.15) is 32.7 Å². The number of piperidine rings is 1. The second-order valence-corrected chi connectivity index (χ2v) is 6.73. The van der Waals surface area contributed by atoms with Crippen LogP contribution in [0.15, 0.2) is 29.3 Å². The molecule has 1 amide bonds. The van der Waals surface area contributed by atoms with E-state index in [-0.39, 0.29) is 23.4 Å². The number of halogens is 1. The van der Waals surface area contributed by atoms with E-state index in [0.717, 1.165) is 19.4 Å². The van der Waals surface area contributed by atoms with Gasteiger partial charge in [0.25, 0.3) is 5.56 Å². The lowest BCUT2D eigenvalue weighted by Crippen LogP contribution is -2.44. The molecular formula is C17H20ClN3O2. The quantitative estimate of drug-likeness (QED) is 0.849. The molecule has 1 aromatic heterocycles. The SMILES string of the molecule is CC(C)C(=O)N1CCC[C@@H](n2cnc3cccc(Cl)c3c2=O)C1. The third kappa shape index (κ3) is 2.98. The maximum Gasteiger partial charge on any atom is 0.263 e. The molecule has 2 heterocycles. The predicted molar refractivity (Wildman–Crippen MR) is 90.7 cm³/mol. The zero-order chi connectivity index (χ0) is 16.6. The van der Waals surface area contributed by atoms with Gasteiger partial charge in [0.05, 0.1) is 28.3 Å². The van der Waals surface area contributed by atoms with Crippen LogP contribution in [0.2, 0.25) is 5.02 Å². The summed E-state index contributed by atoms with van der Waals surface area (Å²) in [5, 5.41) is 0.865. The summed E-state index contributed by atoms with van der Waals surface area (Å²) in [4.78, 5) is 31.2. The zero-order valence-corrected chi connectivity index (χ0v) is 14.1. The Bertz CT molecular complexity index is 800. The van der Waals surface area contributed by atoms with Gasteiger partial charge in [0.1, 0.15) is 0 Å². The van der Waals surface area contributed by atoms with Gasteiger partial charge in [-0.2, -0.15) is 0 Å². The van der Waals surface area contributed by atoms with Gasteiger partial charge in [-0.15, -0.1) is 0 Å². The molecule has 6 heteroatoms. The Morgan fingerprint density at radius 3 is 2.91 bits per heavy atom. The van der Waals surface area contributed by atoms with Crippen LogP contribution in [0.4, 0.5) is 0 Å². The van der Waals surface area contributed by atoms with E-state index >= 15 is 0 Å². The molecule has 0 saturated carbocycles. The lowest BCUT2D eigenvalue weighted by Gasteiger charge is -2.34. The number of benzene rings is 1. The van der Waals surface area contributed by atoms with Gasteiger partial charge in [-0.05, 0) is 25.0 Å². The third-order valence-electron chi connectivity index (χ3n) is 4.36. The molecule has 1 aliphatic rings. The summed E-state index contributed by atoms with van der Waals surface area (Å²) in [5.74, 6) is 0.101. The summed E-state index contributed by atoms with van der Waals surface area (Å²) < 4.78 is 1.63. The van der Waals surface area contributed by atoms with Gasteiger partial charge in [-0.25, -0.2) is 4.98 Å². The number of carbonyl (C=O) groups excluding carboxylic acids is 1. The molecule has 0 unspecified atom stereocenters. The zero-order valence-electron chi connectivity index (χ0n) is 13.3. The Hall–Kier alpha value is -1.88. The summed E-state index contributed by atoms with van der Waals surface area (Å²) in [6, 6.07) is 5.22. The summed E-state index contributed by atoms with van der Waals surface area (Å²) in [6.45, 7) is 5.10. The van der Waals surface area contributed by atoms with Crippen molar-refractivity contribution in [3.63, 3.8) is 0 Å². The fourth-order valence-corrected chi connectivity index (χ4v) is 3.40. The Labute approximate surface area is 139 Å². The van der Waals surface area contributed by atoms with E-state index in [9.17, 15) is 9.59 Å². The van der Waals surface area contributed by atoms with Crippen molar-refractivity contribution < 1.29 is 4.79 Å². The molecule has 1 fully saturated rings. The second kappa shape index (κ2) is 6.32. The fourth-order valence-electron chi connectivity index (χ4n) is 3.15. The molecular weight excluding hydrogens is 314 g/mol. The summed E-state index contributed by atoms with van der Waals surface area (Å²) in [6.07, 6.45) is 3.32. The van der Waals surface area contributed by atoms with Gasteiger partial charge in [0.15, 0.2) is 0 Å². The van der Waals surface area contributed by atoms with E-state index in [0.29, 0.717) is 22.5 Å². The van der Waals surface area contributed by atoms with Crippen LogP contribution in [-0.2, 0) is 4.79 Å². The van der Waals surface area contributed by atoms with E-state index in [1.807, 2.05) is 18.7 Å². The summed E-state index contributed by atoms with van der Waals surface area (Å²) >= 11 is 6.18. The van der Waals surface area contributed by atoms with Gasteiger partial charge < -0.3 is 4.90 Å². The number of fused-ring (bicyclic) bond motifs is 1. The van der Waals surface area contributed by atoms with Gasteiger partial charge in [-0.3, -0.25) is 14.2 Å². The average Bonchev–Trinajstić information content (AvgIpc) is 2.54. The highest BCUT2D eigenvalue weighted by Gasteiger charge is 2.27. The van der Waals surface area contributed by atoms with E-state index < -0.39 is 0 Å². The van der Waals surface area contributed by atoms with E-state index in [1.54, 1.807) is 29.1 Å². The molecule has 23 heavy (non-hydrogen) atoms. The van der Waals surface area contributed by atoms with Crippen LogP contribution in [0.5, 0.6) is 0 Å². The number of carbonyl (C=O) groups is 1. The van der Waals surface area contributed by atoms with Crippen molar-refractivity contribution in [3.05, 3.63) is 39.9 Å². The number of rotatable bonds is 2. The molecule has 5 nitrogen and oxygen atoms in total. The first kappa shape index (κ1) is 16.0. The van der Waals surface area contributed by atoms with Crippen molar-refractivity contribution in [1.82, 2.24) is 14.5 Å². The van der Waals surface area contributed by atoms with Crippen molar-refractivity contribution in [2.75, 3.05) is 13.1 Å². The average molecular weight is 334 g/mol. The van der Waals surface area contributed by atoms with Crippen LogP contribution in [0.3, 0.4) is 0 Å². The number of amides is 1. The first-order valence-corrected chi connectivity index (χ1v) is 8.31. The minimum absolute atomic E-state index is 0.0327. The Kier molecular flexibility index (Phi) is 4.39. The molecule has 1 aliphatic heterocycles. The minimum atomic E-state index is -0.135. The number of hydrogen-bond acceptors (Lipinski definition) is 3. The van der Waals surface area contributed by atoms with Crippen molar-refractivity contribution in [2.45, 2.75) is 32.7 Å². The third-order valence-corrected chi connectivity index (χ3v) is 4.67. The highest BCUT2D eigenvalue weighted by molar-refractivity contribution is 6.35. The van der Waals surface area contributed by atoms with E-state index in [4.69, 9.17) is 11.6 Å². The van der Waals surface area contributed by atoms with Crippen LogP contribution in [0.25, 0.3) is 10.9 Å². The first-order valence-electron chi connectivity index (χ1n) is 7.93. The monoisotopic (exact) mass is 333 g/mol. The molecule has 1 atom stereocenters. The smallest absolute Gasteiger partial charge is 0.263 e. The van der Waals surface area contributed by atoms with E-state index in [1.165, 1.54) is 0 Å². The number of hydrogen-bond donors (Lipinski definition) is 0. The largest absolute Gasteiger partial charge is 0.340 e. The topological polar surface area (TPSA) is 55.2 Å². The highest BCUT2D eigenvalue weighted by atomic mass is 35.5. The van der Waals surface area contributed by atoms with Gasteiger partial charge in [-0.1, -0.05) is 31.5 Å². The molecule has 0 N–H and O–H groups in total. The number of aromatic nitrogens is 2. The molecule has 1 aromatic carbocycles. The van der Waals surface area contributed by atoms with E-state index in [2.05, 4.69) is 4.98 Å². The van der Waals surface area contributed by atoms with Crippen LogP contribution in [0, 0.1) is 5.92 Å². The maximum absolute atomic E-state index is 12.8. The maximum atomic E-state index is 12.8. The molecule has 3 rings (SSSR count). The fraction of sp³-hybridized carbons (Fsp3) is 0.471. The lowest BCUT2D eigenvalue weighted by molar-refractivity contribution is -0.136. The first-order chi connectivity index (χ1) is 11.0. The summed E-state index contributed by atoms with van der Waals surface area (Å²) in [7, 11) is 0. The standard InChI is InChI=1S/C17H20ClN3O2/c1-11(2)16(22)20-8-4-5-12(9-20)21-10-19-14-7-3-6-13(18)15(14)17(21)23/h3,6-7,10-12H,4-5,8-9H2,1-2H3/t12-/m1/s1. The predicted octanol–water partition coefficient (Wildman–Crippen LogP) is 2.87. The lowest BCUT2D eigenvalue weighted by atomic mass is 10.0. The van der Waals surface area contributed by atoms with Crippen molar-refractivity contribution >= 4 is 28.4 Å². The molecule has 0 bridgehead atoms. The summed E-state index contributed by atoms with van der Waals surface area (Å²) in [5.41, 5.74) is 0.467. The van der Waals surface area contributed by atoms with Crippen molar-refractivity contribution in [2.24, 2.45) is 5.92 Å². The van der Waals surface area contributed by atoms with Crippen LogP contribution in [-0.4, -0.2) is 33.4 Å². The Morgan fingerprint density at radius 2 is 2.17 bits per heavy atom. The van der Waals surface area contributed by atoms with Crippen molar-refractivity contribution in [1.29, 1.82) is 0 Å². The van der Waals surface area contributed by atoms with Gasteiger partial charge in [0, 0.05) is 19.0 Å². The minimum Gasteiger partial charge on any atom is -0.340 e. The normalized spacial score (nSPS) is 18.6. The molecule has 122 valence electrons. The van der Waals surface area contributed by atoms with Crippen molar-refractivity contribution in [3.8, 4) is 0 Å². The van der Waals surface area contributed by atoms with Gasteiger partial charge in [0.2, 0.25) is 5.91 Å². The molecule has 1 saturated heterocycles. The van der Waals surface area contributed by atoms with Gasteiger partial charge >= 0.3 is 0 Å². The highest BCUT2D eigenvalue weighted by Crippen LogP contribution is 2.23.